The van der Waals surface area contributed by atoms with Gasteiger partial charge in [-0.05, 0) is 35.7 Å². The van der Waals surface area contributed by atoms with E-state index in [9.17, 15) is 4.79 Å². The average Bonchev–Trinajstić information content (AvgIpc) is 2.53. The third-order valence-corrected chi connectivity index (χ3v) is 5.13. The van der Waals surface area contributed by atoms with Gasteiger partial charge in [0.25, 0.3) is 5.91 Å². The van der Waals surface area contributed by atoms with Crippen LogP contribution in [-0.4, -0.2) is 41.4 Å². The first-order chi connectivity index (χ1) is 11.2. The summed E-state index contributed by atoms with van der Waals surface area (Å²) in [5, 5.41) is 0.612. The van der Waals surface area contributed by atoms with Crippen LogP contribution >= 0.6 is 11.6 Å². The zero-order valence-corrected chi connectivity index (χ0v) is 13.7. The van der Waals surface area contributed by atoms with Gasteiger partial charge in [-0.25, -0.2) is 0 Å². The van der Waals surface area contributed by atoms with E-state index in [0.717, 1.165) is 32.6 Å². The number of likely N-dealkylation sites (tertiary alicyclic amines) is 1. The molecule has 2 aliphatic heterocycles. The largest absolute Gasteiger partial charge is 0.335 e. The normalized spacial score (nSPS) is 18.4. The van der Waals surface area contributed by atoms with Gasteiger partial charge in [0, 0.05) is 42.8 Å². The van der Waals surface area contributed by atoms with E-state index in [1.807, 2.05) is 17.0 Å². The minimum Gasteiger partial charge on any atom is -0.335 e. The fourth-order valence-corrected chi connectivity index (χ4v) is 3.68. The van der Waals surface area contributed by atoms with Crippen LogP contribution in [0.15, 0.2) is 48.5 Å². The van der Waals surface area contributed by atoms with E-state index in [-0.39, 0.29) is 5.91 Å². The highest BCUT2D eigenvalue weighted by Gasteiger charge is 2.36. The van der Waals surface area contributed by atoms with Crippen LogP contribution in [-0.2, 0) is 13.0 Å². The Hall–Kier alpha value is -1.84. The minimum absolute atomic E-state index is 0.0844. The summed E-state index contributed by atoms with van der Waals surface area (Å²) in [6.07, 6.45) is 1.11. The van der Waals surface area contributed by atoms with Crippen LogP contribution in [0.2, 0.25) is 5.02 Å². The molecule has 1 saturated heterocycles. The summed E-state index contributed by atoms with van der Waals surface area (Å²) in [5.74, 6) is 0.0844. The van der Waals surface area contributed by atoms with Crippen molar-refractivity contribution in [2.45, 2.75) is 19.0 Å². The molecule has 0 radical (unpaired) electrons. The number of fused-ring (bicyclic) bond motifs is 1. The maximum Gasteiger partial charge on any atom is 0.254 e. The lowest BCUT2D eigenvalue weighted by Gasteiger charge is -2.47. The molecule has 1 amide bonds. The van der Waals surface area contributed by atoms with Crippen LogP contribution in [0.3, 0.4) is 0 Å². The van der Waals surface area contributed by atoms with Crippen molar-refractivity contribution < 1.29 is 4.79 Å². The third-order valence-electron chi connectivity index (χ3n) is 4.90. The number of amides is 1. The maximum absolute atomic E-state index is 12.5. The first kappa shape index (κ1) is 14.7. The Bertz CT molecular complexity index is 740. The van der Waals surface area contributed by atoms with E-state index in [1.54, 1.807) is 12.1 Å². The fourth-order valence-electron chi connectivity index (χ4n) is 3.49. The number of nitrogens with zero attached hydrogens (tertiary/aromatic N) is 2. The lowest BCUT2D eigenvalue weighted by molar-refractivity contribution is 0.0218. The first-order valence-corrected chi connectivity index (χ1v) is 8.44. The standard InChI is InChI=1S/C19H19ClN2O/c20-17-7-3-6-15(10-17)19(23)22-12-18(13-22)21-9-8-14-4-1-2-5-16(14)11-21/h1-7,10,18H,8-9,11-13H2. The van der Waals surface area contributed by atoms with Crippen molar-refractivity contribution in [3.63, 3.8) is 0 Å². The van der Waals surface area contributed by atoms with Gasteiger partial charge in [-0.1, -0.05) is 41.9 Å². The zero-order valence-electron chi connectivity index (χ0n) is 12.9. The molecule has 2 aliphatic rings. The van der Waals surface area contributed by atoms with Gasteiger partial charge in [0.05, 0.1) is 0 Å². The van der Waals surface area contributed by atoms with Crippen LogP contribution in [0.5, 0.6) is 0 Å². The topological polar surface area (TPSA) is 23.6 Å². The number of halogens is 1. The van der Waals surface area contributed by atoms with Gasteiger partial charge < -0.3 is 4.90 Å². The van der Waals surface area contributed by atoms with E-state index in [0.29, 0.717) is 16.6 Å². The van der Waals surface area contributed by atoms with E-state index in [2.05, 4.69) is 29.2 Å². The second-order valence-corrected chi connectivity index (χ2v) is 6.80. The molecule has 0 bridgehead atoms. The summed E-state index contributed by atoms with van der Waals surface area (Å²) in [6, 6.07) is 16.3. The molecule has 0 spiro atoms. The predicted octanol–water partition coefficient (Wildman–Crippen LogP) is 3.22. The van der Waals surface area contributed by atoms with E-state index in [4.69, 9.17) is 11.6 Å². The first-order valence-electron chi connectivity index (χ1n) is 8.06. The highest BCUT2D eigenvalue weighted by atomic mass is 35.5. The molecule has 23 heavy (non-hydrogen) atoms. The second kappa shape index (κ2) is 5.99. The highest BCUT2D eigenvalue weighted by molar-refractivity contribution is 6.30. The van der Waals surface area contributed by atoms with Crippen LogP contribution < -0.4 is 0 Å². The number of hydrogen-bond acceptors (Lipinski definition) is 2. The molecule has 1 fully saturated rings. The van der Waals surface area contributed by atoms with Crippen molar-refractivity contribution in [1.29, 1.82) is 0 Å². The van der Waals surface area contributed by atoms with Crippen LogP contribution in [0.1, 0.15) is 21.5 Å². The van der Waals surface area contributed by atoms with E-state index in [1.165, 1.54) is 11.1 Å². The Kier molecular flexibility index (Phi) is 3.83. The molecule has 2 aromatic carbocycles. The molecule has 0 aliphatic carbocycles. The smallest absolute Gasteiger partial charge is 0.254 e. The van der Waals surface area contributed by atoms with Crippen LogP contribution in [0, 0.1) is 0 Å². The Labute approximate surface area is 141 Å². The molecule has 0 aromatic heterocycles. The number of hydrogen-bond donors (Lipinski definition) is 0. The minimum atomic E-state index is 0.0844. The Morgan fingerprint density at radius 2 is 1.83 bits per heavy atom. The van der Waals surface area contributed by atoms with Crippen molar-refractivity contribution in [2.24, 2.45) is 0 Å². The average molecular weight is 327 g/mol. The summed E-state index contributed by atoms with van der Waals surface area (Å²) < 4.78 is 0. The number of rotatable bonds is 2. The molecule has 2 aromatic rings. The molecule has 0 N–H and O–H groups in total. The fraction of sp³-hybridized carbons (Fsp3) is 0.316. The van der Waals surface area contributed by atoms with Gasteiger partial charge in [0.15, 0.2) is 0 Å². The molecular formula is C19H19ClN2O. The number of benzene rings is 2. The SMILES string of the molecule is O=C(c1cccc(Cl)c1)N1CC(N2CCc3ccccc3C2)C1. The van der Waals surface area contributed by atoms with Crippen molar-refractivity contribution in [1.82, 2.24) is 9.80 Å². The molecule has 4 heteroatoms. The van der Waals surface area contributed by atoms with Crippen molar-refractivity contribution in [3.05, 3.63) is 70.2 Å². The van der Waals surface area contributed by atoms with Crippen molar-refractivity contribution in [2.75, 3.05) is 19.6 Å². The van der Waals surface area contributed by atoms with Gasteiger partial charge in [0.1, 0.15) is 0 Å². The van der Waals surface area contributed by atoms with Gasteiger partial charge in [-0.3, -0.25) is 9.69 Å². The van der Waals surface area contributed by atoms with Crippen molar-refractivity contribution in [3.8, 4) is 0 Å². The quantitative estimate of drug-likeness (QED) is 0.846. The third kappa shape index (κ3) is 2.87. The monoisotopic (exact) mass is 326 g/mol. The zero-order chi connectivity index (χ0) is 15.8. The summed E-state index contributed by atoms with van der Waals surface area (Å²) >= 11 is 5.97. The lowest BCUT2D eigenvalue weighted by Crippen LogP contribution is -2.61. The summed E-state index contributed by atoms with van der Waals surface area (Å²) in [6.45, 7) is 3.71. The Morgan fingerprint density at radius 3 is 2.61 bits per heavy atom. The van der Waals surface area contributed by atoms with E-state index < -0.39 is 0 Å². The van der Waals surface area contributed by atoms with Gasteiger partial charge >= 0.3 is 0 Å². The summed E-state index contributed by atoms with van der Waals surface area (Å²) in [7, 11) is 0. The van der Waals surface area contributed by atoms with Gasteiger partial charge in [-0.15, -0.1) is 0 Å². The van der Waals surface area contributed by atoms with E-state index >= 15 is 0 Å². The molecule has 0 unspecified atom stereocenters. The van der Waals surface area contributed by atoms with Gasteiger partial charge in [0.2, 0.25) is 0 Å². The predicted molar refractivity (Wildman–Crippen MR) is 91.7 cm³/mol. The van der Waals surface area contributed by atoms with Crippen molar-refractivity contribution >= 4 is 17.5 Å². The van der Waals surface area contributed by atoms with Crippen LogP contribution in [0.4, 0.5) is 0 Å². The maximum atomic E-state index is 12.5. The molecule has 4 rings (SSSR count). The molecule has 3 nitrogen and oxygen atoms in total. The lowest BCUT2D eigenvalue weighted by atomic mass is 9.96. The van der Waals surface area contributed by atoms with Gasteiger partial charge in [-0.2, -0.15) is 0 Å². The second-order valence-electron chi connectivity index (χ2n) is 6.36. The Morgan fingerprint density at radius 1 is 1.04 bits per heavy atom. The summed E-state index contributed by atoms with van der Waals surface area (Å²) in [4.78, 5) is 16.9. The molecule has 2 heterocycles. The molecule has 0 atom stereocenters. The highest BCUT2D eigenvalue weighted by Crippen LogP contribution is 2.25. The van der Waals surface area contributed by atoms with Crippen LogP contribution in [0.25, 0.3) is 0 Å². The number of carbonyl (C=O) groups is 1. The summed E-state index contributed by atoms with van der Waals surface area (Å²) in [5.41, 5.74) is 3.58. The molecular weight excluding hydrogens is 308 g/mol. The number of carbonyl (C=O) groups excluding carboxylic acids is 1. The molecule has 0 saturated carbocycles. The Balaban J connectivity index is 1.38. The molecule has 118 valence electrons.